The molecule has 0 fully saturated rings. The number of anilines is 2. The minimum atomic E-state index is -0.307. The molecule has 2 aromatic carbocycles. The number of nitrogens with zero attached hydrogens (tertiary/aromatic N) is 1. The molecule has 0 aliphatic carbocycles. The highest BCUT2D eigenvalue weighted by molar-refractivity contribution is 7.98. The van der Waals surface area contributed by atoms with Gasteiger partial charge in [-0.05, 0) is 61.0 Å². The van der Waals surface area contributed by atoms with E-state index in [0.717, 1.165) is 17.1 Å². The van der Waals surface area contributed by atoms with Gasteiger partial charge in [0, 0.05) is 34.4 Å². The maximum atomic E-state index is 11.8. The topological polar surface area (TPSA) is 51.2 Å². The fraction of sp³-hybridized carbons (Fsp3) is 0.143. The molecule has 26 heavy (non-hydrogen) atoms. The predicted molar refractivity (Wildman–Crippen MR) is 106 cm³/mol. The van der Waals surface area contributed by atoms with Gasteiger partial charge >= 0.3 is 5.97 Å². The molecule has 0 atom stereocenters. The van der Waals surface area contributed by atoms with E-state index in [-0.39, 0.29) is 5.97 Å². The number of esters is 1. The molecular formula is C21H20N2O2S. The molecule has 0 amide bonds. The quantitative estimate of drug-likeness (QED) is 0.456. The van der Waals surface area contributed by atoms with E-state index in [9.17, 15) is 4.79 Å². The average Bonchev–Trinajstić information content (AvgIpc) is 2.69. The van der Waals surface area contributed by atoms with E-state index in [1.165, 1.54) is 10.5 Å². The summed E-state index contributed by atoms with van der Waals surface area (Å²) in [5.74, 6) is 0.584. The van der Waals surface area contributed by atoms with E-state index in [1.54, 1.807) is 37.0 Å². The van der Waals surface area contributed by atoms with Crippen LogP contribution >= 0.6 is 11.8 Å². The average molecular weight is 364 g/mol. The third-order valence-electron chi connectivity index (χ3n) is 3.64. The van der Waals surface area contributed by atoms with Crippen molar-refractivity contribution in [3.05, 3.63) is 84.2 Å². The van der Waals surface area contributed by atoms with Gasteiger partial charge in [0.25, 0.3) is 0 Å². The molecule has 0 unspecified atom stereocenters. The lowest BCUT2D eigenvalue weighted by atomic mass is 10.2. The molecule has 1 N–H and O–H groups in total. The Bertz CT molecular complexity index is 851. The maximum Gasteiger partial charge on any atom is 0.338 e. The van der Waals surface area contributed by atoms with Gasteiger partial charge < -0.3 is 10.1 Å². The summed E-state index contributed by atoms with van der Waals surface area (Å²) in [5, 5.41) is 3.32. The van der Waals surface area contributed by atoms with E-state index in [1.807, 2.05) is 36.5 Å². The molecule has 0 saturated heterocycles. The highest BCUT2D eigenvalue weighted by Gasteiger charge is 2.07. The number of ether oxygens (including phenoxy) is 1. The molecule has 1 heterocycles. The highest BCUT2D eigenvalue weighted by atomic mass is 32.2. The summed E-state index contributed by atoms with van der Waals surface area (Å²) in [6, 6.07) is 19.6. The number of hydrogen-bond acceptors (Lipinski definition) is 5. The summed E-state index contributed by atoms with van der Waals surface area (Å²) < 4.78 is 5.04. The first kappa shape index (κ1) is 18.0. The molecule has 132 valence electrons. The van der Waals surface area contributed by atoms with Crippen molar-refractivity contribution in [2.45, 2.75) is 17.6 Å². The van der Waals surface area contributed by atoms with E-state index >= 15 is 0 Å². The Balaban J connectivity index is 1.60. The van der Waals surface area contributed by atoms with Crippen LogP contribution in [-0.4, -0.2) is 17.6 Å². The lowest BCUT2D eigenvalue weighted by Gasteiger charge is -2.09. The normalized spacial score (nSPS) is 10.3. The first-order valence-electron chi connectivity index (χ1n) is 8.40. The van der Waals surface area contributed by atoms with E-state index < -0.39 is 0 Å². The van der Waals surface area contributed by atoms with Crippen LogP contribution in [0.4, 0.5) is 11.4 Å². The smallest absolute Gasteiger partial charge is 0.338 e. The van der Waals surface area contributed by atoms with Crippen molar-refractivity contribution in [1.82, 2.24) is 4.98 Å². The van der Waals surface area contributed by atoms with Crippen LogP contribution in [0.1, 0.15) is 22.8 Å². The Morgan fingerprint density at radius 1 is 1.08 bits per heavy atom. The molecule has 3 rings (SSSR count). The number of nitrogens with one attached hydrogen (secondary N) is 1. The molecule has 5 heteroatoms. The molecule has 0 saturated carbocycles. The van der Waals surface area contributed by atoms with Gasteiger partial charge in [-0.1, -0.05) is 12.1 Å². The zero-order valence-corrected chi connectivity index (χ0v) is 15.3. The summed E-state index contributed by atoms with van der Waals surface area (Å²) in [5.41, 5.74) is 3.57. The molecule has 3 aromatic rings. The molecule has 0 aliphatic heterocycles. The summed E-state index contributed by atoms with van der Waals surface area (Å²) >= 11 is 1.77. The zero-order chi connectivity index (χ0) is 18.2. The van der Waals surface area contributed by atoms with Crippen molar-refractivity contribution in [3.63, 3.8) is 0 Å². The van der Waals surface area contributed by atoms with Gasteiger partial charge in [-0.3, -0.25) is 4.98 Å². The number of carbonyl (C=O) groups excluding carboxylic acids is 1. The Morgan fingerprint density at radius 2 is 1.92 bits per heavy atom. The number of thioether (sulfide) groups is 1. The fourth-order valence-corrected chi connectivity index (χ4v) is 3.22. The van der Waals surface area contributed by atoms with Crippen LogP contribution in [-0.2, 0) is 10.5 Å². The lowest BCUT2D eigenvalue weighted by molar-refractivity contribution is 0.0526. The summed E-state index contributed by atoms with van der Waals surface area (Å²) in [4.78, 5) is 17.2. The van der Waals surface area contributed by atoms with Gasteiger partial charge in [-0.2, -0.15) is 0 Å². The van der Waals surface area contributed by atoms with Gasteiger partial charge in [-0.15, -0.1) is 11.8 Å². The summed E-state index contributed by atoms with van der Waals surface area (Å²) in [6.07, 6.45) is 3.67. The fourth-order valence-electron chi connectivity index (χ4n) is 2.39. The van der Waals surface area contributed by atoms with E-state index in [4.69, 9.17) is 4.74 Å². The Hall–Kier alpha value is -2.79. The summed E-state index contributed by atoms with van der Waals surface area (Å²) in [7, 11) is 0. The van der Waals surface area contributed by atoms with Gasteiger partial charge in [0.1, 0.15) is 0 Å². The largest absolute Gasteiger partial charge is 0.462 e. The number of hydrogen-bond donors (Lipinski definition) is 1. The van der Waals surface area contributed by atoms with Crippen molar-refractivity contribution >= 4 is 29.1 Å². The van der Waals surface area contributed by atoms with Gasteiger partial charge in [-0.25, -0.2) is 4.79 Å². The van der Waals surface area contributed by atoms with Crippen molar-refractivity contribution in [3.8, 4) is 0 Å². The van der Waals surface area contributed by atoms with Gasteiger partial charge in [0.2, 0.25) is 0 Å². The molecule has 0 aliphatic rings. The maximum absolute atomic E-state index is 11.8. The van der Waals surface area contributed by atoms with Gasteiger partial charge in [0.15, 0.2) is 0 Å². The molecule has 0 radical (unpaired) electrons. The van der Waals surface area contributed by atoms with Crippen LogP contribution in [0.25, 0.3) is 0 Å². The number of carbonyl (C=O) groups is 1. The van der Waals surface area contributed by atoms with Crippen LogP contribution in [0.15, 0.2) is 78.0 Å². The number of aromatic nitrogens is 1. The van der Waals surface area contributed by atoms with Crippen LogP contribution in [0.2, 0.25) is 0 Å². The highest BCUT2D eigenvalue weighted by Crippen LogP contribution is 2.25. The Kier molecular flexibility index (Phi) is 6.28. The second-order valence-corrected chi connectivity index (χ2v) is 6.65. The third-order valence-corrected chi connectivity index (χ3v) is 4.73. The monoisotopic (exact) mass is 364 g/mol. The van der Waals surface area contributed by atoms with Crippen molar-refractivity contribution in [1.29, 1.82) is 0 Å². The van der Waals surface area contributed by atoms with Crippen LogP contribution in [0.5, 0.6) is 0 Å². The van der Waals surface area contributed by atoms with Crippen molar-refractivity contribution in [2.75, 3.05) is 11.9 Å². The van der Waals surface area contributed by atoms with Crippen LogP contribution < -0.4 is 5.32 Å². The molecule has 0 spiro atoms. The number of rotatable bonds is 7. The number of benzene rings is 2. The SMILES string of the molecule is CCOC(=O)c1cccc(Nc2ccc(SCc3cccnc3)cc2)c1. The molecule has 0 bridgehead atoms. The molecule has 1 aromatic heterocycles. The minimum absolute atomic E-state index is 0.307. The standard InChI is InChI=1S/C21H20N2O2S/c1-2-25-21(24)17-6-3-7-19(13-17)23-18-8-10-20(11-9-18)26-15-16-5-4-12-22-14-16/h3-14,23H,2,15H2,1H3. The first-order valence-corrected chi connectivity index (χ1v) is 9.39. The zero-order valence-electron chi connectivity index (χ0n) is 14.5. The Labute approximate surface area is 157 Å². The van der Waals surface area contributed by atoms with Crippen LogP contribution in [0, 0.1) is 0 Å². The third kappa shape index (κ3) is 5.10. The van der Waals surface area contributed by atoms with Gasteiger partial charge in [0.05, 0.1) is 12.2 Å². The lowest BCUT2D eigenvalue weighted by Crippen LogP contribution is -2.04. The van der Waals surface area contributed by atoms with Crippen molar-refractivity contribution in [2.24, 2.45) is 0 Å². The van der Waals surface area contributed by atoms with E-state index in [2.05, 4.69) is 28.5 Å². The van der Waals surface area contributed by atoms with Crippen LogP contribution in [0.3, 0.4) is 0 Å². The summed E-state index contributed by atoms with van der Waals surface area (Å²) in [6.45, 7) is 2.17. The number of pyridine rings is 1. The predicted octanol–water partition coefficient (Wildman–Crippen LogP) is 5.29. The van der Waals surface area contributed by atoms with E-state index in [0.29, 0.717) is 12.2 Å². The second-order valence-electron chi connectivity index (χ2n) is 5.60. The van der Waals surface area contributed by atoms with Crippen molar-refractivity contribution < 1.29 is 9.53 Å². The molecule has 4 nitrogen and oxygen atoms in total. The first-order chi connectivity index (χ1) is 12.7. The second kappa shape index (κ2) is 9.06. The minimum Gasteiger partial charge on any atom is -0.462 e. The Morgan fingerprint density at radius 3 is 2.65 bits per heavy atom. The molecular weight excluding hydrogens is 344 g/mol.